The highest BCUT2D eigenvalue weighted by Gasteiger charge is 2.19. The molecule has 2 N–H and O–H groups in total. The van der Waals surface area contributed by atoms with Crippen LogP contribution in [0.1, 0.15) is 27.4 Å². The molecule has 0 aliphatic heterocycles. The summed E-state index contributed by atoms with van der Waals surface area (Å²) in [6.07, 6.45) is 0. The van der Waals surface area contributed by atoms with Crippen LogP contribution in [-0.2, 0) is 10.0 Å². The number of carbonyl (C=O) groups is 1. The lowest BCUT2D eigenvalue weighted by molar-refractivity contribution is 0.102. The van der Waals surface area contributed by atoms with Gasteiger partial charge in [-0.15, -0.1) is 0 Å². The Morgan fingerprint density at radius 2 is 1.61 bits per heavy atom. The standard InChI is InChI=1S/C20H19ClN2O4S/c1-12-13(2)27-14(3)19(12)20(24)22-16-5-4-6-17(11-16)23-28(25,26)18-9-7-15(21)8-10-18/h4-11,23H,1-3H3,(H,22,24). The van der Waals surface area contributed by atoms with Crippen LogP contribution in [0.4, 0.5) is 11.4 Å². The second-order valence-electron chi connectivity index (χ2n) is 6.31. The van der Waals surface area contributed by atoms with Gasteiger partial charge in [0.1, 0.15) is 11.5 Å². The number of furan rings is 1. The molecule has 3 rings (SSSR count). The van der Waals surface area contributed by atoms with E-state index in [0.29, 0.717) is 33.5 Å². The first kappa shape index (κ1) is 20.0. The van der Waals surface area contributed by atoms with E-state index in [1.54, 1.807) is 38.1 Å². The highest BCUT2D eigenvalue weighted by molar-refractivity contribution is 7.92. The smallest absolute Gasteiger partial charge is 0.261 e. The number of hydrogen-bond donors (Lipinski definition) is 2. The highest BCUT2D eigenvalue weighted by atomic mass is 35.5. The van der Waals surface area contributed by atoms with Crippen molar-refractivity contribution in [3.05, 3.63) is 76.2 Å². The Balaban J connectivity index is 1.80. The van der Waals surface area contributed by atoms with Crippen LogP contribution in [0, 0.1) is 20.8 Å². The fourth-order valence-electron chi connectivity index (χ4n) is 2.81. The van der Waals surface area contributed by atoms with Crippen molar-refractivity contribution >= 4 is 38.9 Å². The van der Waals surface area contributed by atoms with Crippen molar-refractivity contribution in [2.24, 2.45) is 0 Å². The molecule has 0 bridgehead atoms. The molecular formula is C20H19ClN2O4S. The van der Waals surface area contributed by atoms with Crippen LogP contribution >= 0.6 is 11.6 Å². The molecule has 6 nitrogen and oxygen atoms in total. The number of rotatable bonds is 5. The minimum atomic E-state index is -3.77. The number of halogens is 1. The number of carbonyl (C=O) groups excluding carboxylic acids is 1. The summed E-state index contributed by atoms with van der Waals surface area (Å²) in [5, 5.41) is 3.22. The molecule has 0 aliphatic carbocycles. The van der Waals surface area contributed by atoms with Crippen molar-refractivity contribution in [2.75, 3.05) is 10.0 Å². The van der Waals surface area contributed by atoms with Crippen molar-refractivity contribution in [1.29, 1.82) is 0 Å². The van der Waals surface area contributed by atoms with Crippen LogP contribution in [0.3, 0.4) is 0 Å². The van der Waals surface area contributed by atoms with Gasteiger partial charge in [-0.1, -0.05) is 17.7 Å². The maximum atomic E-state index is 12.6. The lowest BCUT2D eigenvalue weighted by Crippen LogP contribution is -2.15. The lowest BCUT2D eigenvalue weighted by atomic mass is 10.1. The van der Waals surface area contributed by atoms with Gasteiger partial charge in [-0.2, -0.15) is 0 Å². The van der Waals surface area contributed by atoms with Crippen molar-refractivity contribution in [3.8, 4) is 0 Å². The summed E-state index contributed by atoms with van der Waals surface area (Å²) in [6, 6.07) is 12.3. The predicted molar refractivity (Wildman–Crippen MR) is 110 cm³/mol. The molecule has 2 aromatic carbocycles. The zero-order valence-corrected chi connectivity index (χ0v) is 17.1. The number of anilines is 2. The van der Waals surface area contributed by atoms with Crippen LogP contribution in [0.25, 0.3) is 0 Å². The van der Waals surface area contributed by atoms with Gasteiger partial charge in [-0.25, -0.2) is 8.42 Å². The maximum Gasteiger partial charge on any atom is 0.261 e. The molecule has 146 valence electrons. The number of amides is 1. The molecule has 0 saturated carbocycles. The van der Waals surface area contributed by atoms with E-state index in [1.807, 2.05) is 6.92 Å². The average molecular weight is 419 g/mol. The van der Waals surface area contributed by atoms with Crippen LogP contribution in [0.15, 0.2) is 57.8 Å². The Kier molecular flexibility index (Phi) is 5.49. The molecule has 1 heterocycles. The van der Waals surface area contributed by atoms with Gasteiger partial charge < -0.3 is 9.73 Å². The zero-order valence-electron chi connectivity index (χ0n) is 15.5. The maximum absolute atomic E-state index is 12.6. The molecule has 1 aromatic heterocycles. The summed E-state index contributed by atoms with van der Waals surface area (Å²) >= 11 is 5.80. The van der Waals surface area contributed by atoms with Gasteiger partial charge in [0.25, 0.3) is 15.9 Å². The predicted octanol–water partition coefficient (Wildman–Crippen LogP) is 4.91. The highest BCUT2D eigenvalue weighted by Crippen LogP contribution is 2.24. The largest absolute Gasteiger partial charge is 0.466 e. The Labute approximate surface area is 168 Å². The monoisotopic (exact) mass is 418 g/mol. The second kappa shape index (κ2) is 7.69. The number of aryl methyl sites for hydroxylation is 2. The average Bonchev–Trinajstić information content (AvgIpc) is 2.87. The Morgan fingerprint density at radius 3 is 2.21 bits per heavy atom. The van der Waals surface area contributed by atoms with Crippen LogP contribution in [0.2, 0.25) is 5.02 Å². The van der Waals surface area contributed by atoms with Crippen LogP contribution in [0.5, 0.6) is 0 Å². The van der Waals surface area contributed by atoms with E-state index in [1.165, 1.54) is 24.3 Å². The fraction of sp³-hybridized carbons (Fsp3) is 0.150. The van der Waals surface area contributed by atoms with Gasteiger partial charge >= 0.3 is 0 Å². The van der Waals surface area contributed by atoms with Gasteiger partial charge in [0, 0.05) is 16.3 Å². The van der Waals surface area contributed by atoms with Crippen molar-refractivity contribution in [1.82, 2.24) is 0 Å². The molecule has 0 radical (unpaired) electrons. The van der Waals surface area contributed by atoms with E-state index in [4.69, 9.17) is 16.0 Å². The van der Waals surface area contributed by atoms with Gasteiger partial charge in [0.2, 0.25) is 0 Å². The topological polar surface area (TPSA) is 88.4 Å². The number of benzene rings is 2. The Morgan fingerprint density at radius 1 is 0.964 bits per heavy atom. The summed E-state index contributed by atoms with van der Waals surface area (Å²) in [4.78, 5) is 12.7. The Bertz CT molecular complexity index is 1140. The molecule has 1 amide bonds. The summed E-state index contributed by atoms with van der Waals surface area (Å²) in [5.41, 5.74) is 2.03. The van der Waals surface area contributed by atoms with E-state index in [-0.39, 0.29) is 10.8 Å². The number of nitrogens with one attached hydrogen (secondary N) is 2. The summed E-state index contributed by atoms with van der Waals surface area (Å²) in [5.74, 6) is 0.906. The molecule has 0 spiro atoms. The third-order valence-corrected chi connectivity index (χ3v) is 5.93. The van der Waals surface area contributed by atoms with E-state index in [2.05, 4.69) is 10.0 Å². The van der Waals surface area contributed by atoms with E-state index in [9.17, 15) is 13.2 Å². The van der Waals surface area contributed by atoms with Gasteiger partial charge in [-0.3, -0.25) is 9.52 Å². The van der Waals surface area contributed by atoms with Gasteiger partial charge in [-0.05, 0) is 63.2 Å². The first-order valence-corrected chi connectivity index (χ1v) is 10.3. The van der Waals surface area contributed by atoms with Crippen molar-refractivity contribution < 1.29 is 17.6 Å². The molecule has 0 fully saturated rings. The van der Waals surface area contributed by atoms with Crippen LogP contribution in [-0.4, -0.2) is 14.3 Å². The molecule has 28 heavy (non-hydrogen) atoms. The van der Waals surface area contributed by atoms with Crippen molar-refractivity contribution in [2.45, 2.75) is 25.7 Å². The summed E-state index contributed by atoms with van der Waals surface area (Å²) in [7, 11) is -3.77. The first-order chi connectivity index (χ1) is 13.2. The summed E-state index contributed by atoms with van der Waals surface area (Å²) < 4.78 is 33.0. The minimum Gasteiger partial charge on any atom is -0.466 e. The third-order valence-electron chi connectivity index (χ3n) is 4.28. The third kappa shape index (κ3) is 4.21. The minimum absolute atomic E-state index is 0.0893. The molecule has 0 aliphatic rings. The van der Waals surface area contributed by atoms with E-state index >= 15 is 0 Å². The summed E-state index contributed by atoms with van der Waals surface area (Å²) in [6.45, 7) is 5.34. The number of sulfonamides is 1. The van der Waals surface area contributed by atoms with Gasteiger partial charge in [0.05, 0.1) is 16.1 Å². The quantitative estimate of drug-likeness (QED) is 0.616. The molecule has 0 saturated heterocycles. The molecular weight excluding hydrogens is 400 g/mol. The zero-order chi connectivity index (χ0) is 20.5. The van der Waals surface area contributed by atoms with Crippen LogP contribution < -0.4 is 10.0 Å². The van der Waals surface area contributed by atoms with Crippen molar-refractivity contribution in [3.63, 3.8) is 0 Å². The van der Waals surface area contributed by atoms with Gasteiger partial charge in [0.15, 0.2) is 0 Å². The molecule has 0 atom stereocenters. The van der Waals surface area contributed by atoms with E-state index in [0.717, 1.165) is 5.56 Å². The number of hydrogen-bond acceptors (Lipinski definition) is 4. The molecule has 3 aromatic rings. The normalized spacial score (nSPS) is 11.3. The van der Waals surface area contributed by atoms with E-state index < -0.39 is 10.0 Å². The lowest BCUT2D eigenvalue weighted by Gasteiger charge is -2.11. The fourth-order valence-corrected chi connectivity index (χ4v) is 3.98. The SMILES string of the molecule is Cc1oc(C)c(C(=O)Nc2cccc(NS(=O)(=O)c3ccc(Cl)cc3)c2)c1C. The second-order valence-corrected chi connectivity index (χ2v) is 8.43. The molecule has 8 heteroatoms. The molecule has 0 unspecified atom stereocenters. The first-order valence-electron chi connectivity index (χ1n) is 8.44. The Hall–Kier alpha value is -2.77.